The van der Waals surface area contributed by atoms with Gasteiger partial charge in [-0.1, -0.05) is 50.2 Å². The molecule has 170 valence electrons. The van der Waals surface area contributed by atoms with Gasteiger partial charge < -0.3 is 0 Å². The van der Waals surface area contributed by atoms with E-state index in [1.807, 2.05) is 12.1 Å². The molecule has 3 aromatic rings. The predicted octanol–water partition coefficient (Wildman–Crippen LogP) is 3.66. The first-order valence-corrected chi connectivity index (χ1v) is 10.4. The van der Waals surface area contributed by atoms with Crippen molar-refractivity contribution in [2.45, 2.75) is 26.9 Å². The summed E-state index contributed by atoms with van der Waals surface area (Å²) in [7, 11) is 0. The van der Waals surface area contributed by atoms with Gasteiger partial charge in [0.05, 0.1) is 0 Å². The van der Waals surface area contributed by atoms with Gasteiger partial charge in [0.25, 0.3) is 11.8 Å². The first-order valence-electron chi connectivity index (χ1n) is 10.4. The van der Waals surface area contributed by atoms with E-state index in [2.05, 4.69) is 53.9 Å². The molecule has 0 atom stereocenters. The van der Waals surface area contributed by atoms with Crippen LogP contribution in [0.4, 0.5) is 0 Å². The summed E-state index contributed by atoms with van der Waals surface area (Å²) >= 11 is 0. The number of rotatable bonds is 9. The molecular weight excluding hydrogens is 428 g/mol. The van der Waals surface area contributed by atoms with Crippen molar-refractivity contribution in [1.82, 2.24) is 21.2 Å². The molecule has 7 nitrogen and oxygen atoms in total. The zero-order valence-electron chi connectivity index (χ0n) is 18.2. The fraction of sp³-hybridized carbons (Fsp3) is 0.250. The van der Waals surface area contributed by atoms with E-state index in [0.717, 1.165) is 30.6 Å². The van der Waals surface area contributed by atoms with Gasteiger partial charge in [0.2, 0.25) is 0 Å². The Bertz CT molecular complexity index is 1050. The van der Waals surface area contributed by atoms with Crippen LogP contribution < -0.4 is 16.3 Å². The molecule has 0 radical (unpaired) electrons. The minimum atomic E-state index is -0.624. The molecule has 0 aliphatic rings. The van der Waals surface area contributed by atoms with E-state index in [9.17, 15) is 9.59 Å². The molecule has 0 aromatic heterocycles. The SMILES string of the molecule is CCN(CC)Cc1ccc(CNNC(=O)c2ccc(C(=O)NO)cc2)c2ccccc12.Cl. The number of nitrogens with one attached hydrogen (secondary N) is 3. The van der Waals surface area contributed by atoms with Gasteiger partial charge in [-0.25, -0.2) is 10.9 Å². The molecule has 0 saturated carbocycles. The van der Waals surface area contributed by atoms with Crippen LogP contribution in [0.2, 0.25) is 0 Å². The Kier molecular flexibility index (Phi) is 9.61. The Morgan fingerprint density at radius 3 is 1.91 bits per heavy atom. The Labute approximate surface area is 194 Å². The van der Waals surface area contributed by atoms with Crippen LogP contribution in [0.3, 0.4) is 0 Å². The number of carbonyl (C=O) groups is 2. The molecule has 0 fully saturated rings. The summed E-state index contributed by atoms with van der Waals surface area (Å²) < 4.78 is 0. The van der Waals surface area contributed by atoms with Crippen LogP contribution in [-0.4, -0.2) is 35.0 Å². The van der Waals surface area contributed by atoms with Gasteiger partial charge in [-0.15, -0.1) is 12.4 Å². The molecule has 4 N–H and O–H groups in total. The molecule has 0 aliphatic carbocycles. The zero-order valence-corrected chi connectivity index (χ0v) is 19.0. The second-order valence-corrected chi connectivity index (χ2v) is 7.22. The highest BCUT2D eigenvalue weighted by Gasteiger charge is 2.10. The van der Waals surface area contributed by atoms with E-state index in [-0.39, 0.29) is 23.9 Å². The number of hydrogen-bond donors (Lipinski definition) is 4. The first-order chi connectivity index (χ1) is 15.1. The van der Waals surface area contributed by atoms with Gasteiger partial charge in [-0.3, -0.25) is 25.1 Å². The van der Waals surface area contributed by atoms with Crippen LogP contribution in [0, 0.1) is 0 Å². The molecule has 2 amide bonds. The van der Waals surface area contributed by atoms with Crippen molar-refractivity contribution in [2.75, 3.05) is 13.1 Å². The molecule has 0 spiro atoms. The van der Waals surface area contributed by atoms with Crippen LogP contribution in [-0.2, 0) is 13.1 Å². The predicted molar refractivity (Wildman–Crippen MR) is 128 cm³/mol. The summed E-state index contributed by atoms with van der Waals surface area (Å²) in [6.07, 6.45) is 0. The second-order valence-electron chi connectivity index (χ2n) is 7.22. The van der Waals surface area contributed by atoms with E-state index in [4.69, 9.17) is 5.21 Å². The summed E-state index contributed by atoms with van der Waals surface area (Å²) in [6.45, 7) is 7.73. The van der Waals surface area contributed by atoms with Gasteiger partial charge in [0.1, 0.15) is 0 Å². The molecule has 0 heterocycles. The maximum atomic E-state index is 12.4. The largest absolute Gasteiger partial charge is 0.300 e. The topological polar surface area (TPSA) is 93.7 Å². The lowest BCUT2D eigenvalue weighted by atomic mass is 9.99. The van der Waals surface area contributed by atoms with E-state index in [1.165, 1.54) is 35.2 Å². The minimum absolute atomic E-state index is 0. The third kappa shape index (κ3) is 6.05. The van der Waals surface area contributed by atoms with Gasteiger partial charge in [0.15, 0.2) is 0 Å². The summed E-state index contributed by atoms with van der Waals surface area (Å²) in [5.74, 6) is -0.931. The van der Waals surface area contributed by atoms with Gasteiger partial charge in [0, 0.05) is 24.2 Å². The number of halogens is 1. The number of fused-ring (bicyclic) bond motifs is 1. The highest BCUT2D eigenvalue weighted by atomic mass is 35.5. The van der Waals surface area contributed by atoms with Gasteiger partial charge >= 0.3 is 0 Å². The van der Waals surface area contributed by atoms with Gasteiger partial charge in [-0.2, -0.15) is 0 Å². The molecule has 0 aliphatic heterocycles. The van der Waals surface area contributed by atoms with Crippen molar-refractivity contribution in [3.8, 4) is 0 Å². The van der Waals surface area contributed by atoms with Gasteiger partial charge in [-0.05, 0) is 59.3 Å². The Morgan fingerprint density at radius 1 is 0.812 bits per heavy atom. The van der Waals surface area contributed by atoms with Crippen LogP contribution in [0.5, 0.6) is 0 Å². The lowest BCUT2D eigenvalue weighted by molar-refractivity contribution is 0.0706. The molecule has 0 bridgehead atoms. The molecular formula is C24H29ClN4O3. The normalized spacial score (nSPS) is 10.6. The first kappa shape index (κ1) is 25.3. The van der Waals surface area contributed by atoms with Crippen LogP contribution >= 0.6 is 12.4 Å². The number of carbonyl (C=O) groups excluding carboxylic acids is 2. The molecule has 32 heavy (non-hydrogen) atoms. The highest BCUT2D eigenvalue weighted by molar-refractivity contribution is 5.97. The van der Waals surface area contributed by atoms with Crippen molar-refractivity contribution < 1.29 is 14.8 Å². The number of nitrogens with zero attached hydrogens (tertiary/aromatic N) is 1. The summed E-state index contributed by atoms with van der Waals surface area (Å²) in [4.78, 5) is 26.1. The van der Waals surface area contributed by atoms with Crippen LogP contribution in [0.25, 0.3) is 10.8 Å². The summed E-state index contributed by atoms with van der Waals surface area (Å²) in [5.41, 5.74) is 10.3. The third-order valence-corrected chi connectivity index (χ3v) is 5.38. The highest BCUT2D eigenvalue weighted by Crippen LogP contribution is 2.24. The monoisotopic (exact) mass is 456 g/mol. The summed E-state index contributed by atoms with van der Waals surface area (Å²) in [5, 5.41) is 11.0. The van der Waals surface area contributed by atoms with Crippen LogP contribution in [0.15, 0.2) is 60.7 Å². The van der Waals surface area contributed by atoms with E-state index in [0.29, 0.717) is 12.1 Å². The molecule has 3 rings (SSSR count). The Balaban J connectivity index is 0.00000363. The zero-order chi connectivity index (χ0) is 22.2. The standard InChI is InChI=1S/C24H28N4O3.ClH/c1-3-28(4-2)16-20-14-13-19(21-7-5-6-8-22(20)21)15-25-26-23(29)17-9-11-18(12-10-17)24(30)27-31;/h5-14,25,31H,3-4,15-16H2,1-2H3,(H,26,29)(H,27,30);1H. The average molecular weight is 457 g/mol. The van der Waals surface area contributed by atoms with E-state index < -0.39 is 5.91 Å². The van der Waals surface area contributed by atoms with Crippen molar-refractivity contribution >= 4 is 35.0 Å². The Hall–Kier alpha value is -2.97. The number of amides is 2. The molecule has 0 saturated heterocycles. The summed E-state index contributed by atoms with van der Waals surface area (Å²) in [6, 6.07) is 18.6. The average Bonchev–Trinajstić information content (AvgIpc) is 2.82. The quantitative estimate of drug-likeness (QED) is 0.291. The van der Waals surface area contributed by atoms with E-state index in [1.54, 1.807) is 5.48 Å². The number of hydroxylamine groups is 1. The van der Waals surface area contributed by atoms with Crippen LogP contribution in [0.1, 0.15) is 45.7 Å². The number of hydrazine groups is 1. The maximum Gasteiger partial charge on any atom is 0.274 e. The number of hydrogen-bond acceptors (Lipinski definition) is 5. The molecule has 0 unspecified atom stereocenters. The maximum absolute atomic E-state index is 12.4. The smallest absolute Gasteiger partial charge is 0.274 e. The third-order valence-electron chi connectivity index (χ3n) is 5.38. The van der Waals surface area contributed by atoms with E-state index >= 15 is 0 Å². The van der Waals surface area contributed by atoms with Crippen molar-refractivity contribution in [1.29, 1.82) is 0 Å². The lowest BCUT2D eigenvalue weighted by Crippen LogP contribution is -2.36. The molecule has 3 aromatic carbocycles. The van der Waals surface area contributed by atoms with Crippen molar-refractivity contribution in [3.63, 3.8) is 0 Å². The van der Waals surface area contributed by atoms with Crippen molar-refractivity contribution in [2.24, 2.45) is 0 Å². The minimum Gasteiger partial charge on any atom is -0.300 e. The van der Waals surface area contributed by atoms with Crippen molar-refractivity contribution in [3.05, 3.63) is 82.9 Å². The fourth-order valence-corrected chi connectivity index (χ4v) is 3.53. The fourth-order valence-electron chi connectivity index (χ4n) is 3.53. The number of benzene rings is 3. The Morgan fingerprint density at radius 2 is 1.34 bits per heavy atom. The molecule has 8 heteroatoms. The lowest BCUT2D eigenvalue weighted by Gasteiger charge is -2.20. The second kappa shape index (κ2) is 12.2.